The van der Waals surface area contributed by atoms with Crippen molar-refractivity contribution in [2.75, 3.05) is 29.9 Å². The number of rotatable bonds is 7. The summed E-state index contributed by atoms with van der Waals surface area (Å²) in [5, 5.41) is 18.5. The molecular formula is C25H28N4O2. The van der Waals surface area contributed by atoms with Gasteiger partial charge < -0.3 is 26.4 Å². The number of anilines is 2. The van der Waals surface area contributed by atoms with Crippen LogP contribution in [0.5, 0.6) is 0 Å². The van der Waals surface area contributed by atoms with Gasteiger partial charge in [0.1, 0.15) is 6.17 Å². The molecule has 1 aliphatic rings. The molecule has 6 heteroatoms. The van der Waals surface area contributed by atoms with Crippen molar-refractivity contribution in [3.05, 3.63) is 95.6 Å². The van der Waals surface area contributed by atoms with Crippen LogP contribution in [0.25, 0.3) is 0 Å². The second-order valence-corrected chi connectivity index (χ2v) is 7.61. The fourth-order valence-corrected chi connectivity index (χ4v) is 4.23. The van der Waals surface area contributed by atoms with E-state index >= 15 is 0 Å². The molecule has 0 radical (unpaired) electrons. The van der Waals surface area contributed by atoms with Crippen molar-refractivity contribution >= 4 is 17.3 Å². The smallest absolute Gasteiger partial charge is 0.251 e. The van der Waals surface area contributed by atoms with Crippen LogP contribution in [0.3, 0.4) is 0 Å². The molecule has 31 heavy (non-hydrogen) atoms. The summed E-state index contributed by atoms with van der Waals surface area (Å²) in [6, 6.07) is 24.9. The Balaban J connectivity index is 1.77. The van der Waals surface area contributed by atoms with Gasteiger partial charge in [-0.3, -0.25) is 4.79 Å². The summed E-state index contributed by atoms with van der Waals surface area (Å²) in [7, 11) is 0. The highest BCUT2D eigenvalue weighted by atomic mass is 16.3. The number of carbonyl (C=O) groups excluding carboxylic acids is 1. The van der Waals surface area contributed by atoms with Crippen LogP contribution >= 0.6 is 0 Å². The van der Waals surface area contributed by atoms with Crippen LogP contribution < -0.4 is 21.3 Å². The Morgan fingerprint density at radius 2 is 1.68 bits per heavy atom. The van der Waals surface area contributed by atoms with Crippen LogP contribution in [0.4, 0.5) is 11.4 Å². The summed E-state index contributed by atoms with van der Waals surface area (Å²) in [6.45, 7) is 3.51. The summed E-state index contributed by atoms with van der Waals surface area (Å²) < 4.78 is 0. The van der Waals surface area contributed by atoms with Crippen molar-refractivity contribution in [1.29, 1.82) is 0 Å². The van der Waals surface area contributed by atoms with Gasteiger partial charge in [0.15, 0.2) is 5.60 Å². The molecule has 0 spiro atoms. The van der Waals surface area contributed by atoms with Crippen molar-refractivity contribution in [2.24, 2.45) is 5.73 Å². The van der Waals surface area contributed by atoms with Crippen LogP contribution in [-0.2, 0) is 5.60 Å². The first-order valence-corrected chi connectivity index (χ1v) is 10.6. The third kappa shape index (κ3) is 3.76. The van der Waals surface area contributed by atoms with E-state index in [4.69, 9.17) is 5.73 Å². The lowest BCUT2D eigenvalue weighted by molar-refractivity contribution is 0.0598. The van der Waals surface area contributed by atoms with E-state index in [1.807, 2.05) is 79.7 Å². The number of amides is 1. The number of carbonyl (C=O) groups is 1. The van der Waals surface area contributed by atoms with E-state index in [-0.39, 0.29) is 5.91 Å². The van der Waals surface area contributed by atoms with Crippen molar-refractivity contribution in [3.8, 4) is 0 Å². The molecule has 5 N–H and O–H groups in total. The van der Waals surface area contributed by atoms with Crippen LogP contribution in [0.1, 0.15) is 28.4 Å². The highest BCUT2D eigenvalue weighted by Crippen LogP contribution is 2.44. The highest BCUT2D eigenvalue weighted by Gasteiger charge is 2.47. The molecule has 4 rings (SSSR count). The number of aliphatic hydroxyl groups is 1. The van der Waals surface area contributed by atoms with Crippen molar-refractivity contribution < 1.29 is 9.90 Å². The predicted octanol–water partition coefficient (Wildman–Crippen LogP) is 2.89. The first kappa shape index (κ1) is 20.9. The molecule has 0 aliphatic carbocycles. The Morgan fingerprint density at radius 3 is 2.23 bits per heavy atom. The minimum Gasteiger partial charge on any atom is -0.376 e. The molecule has 0 aromatic heterocycles. The normalized spacial score (nSPS) is 15.3. The van der Waals surface area contributed by atoms with Gasteiger partial charge in [0.05, 0.1) is 11.4 Å². The van der Waals surface area contributed by atoms with Gasteiger partial charge in [0.2, 0.25) is 0 Å². The first-order valence-electron chi connectivity index (χ1n) is 10.6. The van der Waals surface area contributed by atoms with Crippen LogP contribution in [-0.4, -0.2) is 36.8 Å². The predicted molar refractivity (Wildman–Crippen MR) is 124 cm³/mol. The summed E-state index contributed by atoms with van der Waals surface area (Å²) in [4.78, 5) is 14.6. The van der Waals surface area contributed by atoms with E-state index in [0.717, 1.165) is 22.5 Å². The number of benzene rings is 3. The number of fused-ring (bicyclic) bond motifs is 1. The number of hydrogen-bond donors (Lipinski definition) is 4. The standard InChI is InChI=1S/C25H28N4O2/c1-2-29-22-17-18(23(30)27-16-15-26)13-14-21(22)28-24(29)25(31,19-9-5-3-6-10-19)20-11-7-4-8-12-20/h3-14,17,24,28,31H,2,15-16,26H2,1H3,(H,27,30). The molecule has 160 valence electrons. The maximum atomic E-state index is 12.5. The lowest BCUT2D eigenvalue weighted by Gasteiger charge is -2.40. The molecule has 1 heterocycles. The molecule has 0 saturated heterocycles. The van der Waals surface area contributed by atoms with E-state index in [0.29, 0.717) is 25.2 Å². The van der Waals surface area contributed by atoms with Crippen LogP contribution in [0.15, 0.2) is 78.9 Å². The van der Waals surface area contributed by atoms with E-state index in [1.54, 1.807) is 6.07 Å². The molecule has 1 unspecified atom stereocenters. The molecule has 0 bridgehead atoms. The molecular weight excluding hydrogens is 388 g/mol. The lowest BCUT2D eigenvalue weighted by Crippen LogP contribution is -2.53. The molecule has 3 aromatic rings. The highest BCUT2D eigenvalue weighted by molar-refractivity contribution is 5.97. The zero-order valence-corrected chi connectivity index (χ0v) is 17.6. The van der Waals surface area contributed by atoms with Gasteiger partial charge >= 0.3 is 0 Å². The second-order valence-electron chi connectivity index (χ2n) is 7.61. The Morgan fingerprint density at radius 1 is 1.06 bits per heavy atom. The third-order valence-electron chi connectivity index (χ3n) is 5.77. The van der Waals surface area contributed by atoms with E-state index < -0.39 is 11.8 Å². The summed E-state index contributed by atoms with van der Waals surface area (Å²) >= 11 is 0. The summed E-state index contributed by atoms with van der Waals surface area (Å²) in [5.74, 6) is -0.158. The molecule has 0 saturated carbocycles. The van der Waals surface area contributed by atoms with Gasteiger partial charge in [-0.05, 0) is 36.2 Å². The Hall–Kier alpha value is -3.35. The van der Waals surface area contributed by atoms with Crippen molar-refractivity contribution in [2.45, 2.75) is 18.7 Å². The molecule has 3 aromatic carbocycles. The molecule has 1 aliphatic heterocycles. The molecule has 6 nitrogen and oxygen atoms in total. The SMILES string of the molecule is CCN1c2cc(C(=O)NCCN)ccc2NC1C(O)(c1ccccc1)c1ccccc1. The number of nitrogens with zero attached hydrogens (tertiary/aromatic N) is 1. The topological polar surface area (TPSA) is 90.6 Å². The Kier molecular flexibility index (Phi) is 5.93. The number of nitrogens with one attached hydrogen (secondary N) is 2. The van der Waals surface area contributed by atoms with E-state index in [1.165, 1.54) is 0 Å². The number of likely N-dealkylation sites (N-methyl/N-ethyl adjacent to an activating group) is 1. The van der Waals surface area contributed by atoms with Gasteiger partial charge in [-0.25, -0.2) is 0 Å². The summed E-state index contributed by atoms with van der Waals surface area (Å²) in [5.41, 5.74) is 8.13. The average molecular weight is 417 g/mol. The van der Waals surface area contributed by atoms with Crippen molar-refractivity contribution in [1.82, 2.24) is 5.32 Å². The van der Waals surface area contributed by atoms with Crippen molar-refractivity contribution in [3.63, 3.8) is 0 Å². The van der Waals surface area contributed by atoms with Gasteiger partial charge in [0.25, 0.3) is 5.91 Å². The Labute approximate surface area is 182 Å². The summed E-state index contributed by atoms with van der Waals surface area (Å²) in [6.07, 6.45) is -0.445. The fraction of sp³-hybridized carbons (Fsp3) is 0.240. The zero-order chi connectivity index (χ0) is 21.8. The van der Waals surface area contributed by atoms with Gasteiger partial charge in [-0.1, -0.05) is 60.7 Å². The minimum absolute atomic E-state index is 0.158. The molecule has 1 atom stereocenters. The minimum atomic E-state index is -1.31. The fourth-order valence-electron chi connectivity index (χ4n) is 4.23. The number of nitrogens with two attached hydrogens (primary N) is 1. The van der Waals surface area contributed by atoms with Gasteiger partial charge in [-0.15, -0.1) is 0 Å². The third-order valence-corrected chi connectivity index (χ3v) is 5.77. The average Bonchev–Trinajstić information content (AvgIpc) is 3.21. The number of hydrogen-bond acceptors (Lipinski definition) is 5. The molecule has 0 fully saturated rings. The first-order chi connectivity index (χ1) is 15.1. The quantitative estimate of drug-likeness (QED) is 0.476. The van der Waals surface area contributed by atoms with Gasteiger partial charge in [-0.2, -0.15) is 0 Å². The largest absolute Gasteiger partial charge is 0.376 e. The zero-order valence-electron chi connectivity index (χ0n) is 17.6. The van der Waals surface area contributed by atoms with E-state index in [2.05, 4.69) is 15.5 Å². The van der Waals surface area contributed by atoms with E-state index in [9.17, 15) is 9.90 Å². The van der Waals surface area contributed by atoms with Crippen LogP contribution in [0, 0.1) is 0 Å². The molecule has 1 amide bonds. The maximum absolute atomic E-state index is 12.5. The lowest BCUT2D eigenvalue weighted by atomic mass is 9.83. The van der Waals surface area contributed by atoms with Crippen LogP contribution in [0.2, 0.25) is 0 Å². The van der Waals surface area contributed by atoms with Gasteiger partial charge in [0, 0.05) is 25.2 Å². The monoisotopic (exact) mass is 416 g/mol. The Bertz CT molecular complexity index is 1000. The second kappa shape index (κ2) is 8.79. The maximum Gasteiger partial charge on any atom is 0.251 e.